The summed E-state index contributed by atoms with van der Waals surface area (Å²) in [6, 6.07) is 0. The first kappa shape index (κ1) is 15.0. The van der Waals surface area contributed by atoms with E-state index in [2.05, 4.69) is 0 Å². The summed E-state index contributed by atoms with van der Waals surface area (Å²) in [7, 11) is -3.41. The number of rotatable bonds is 3. The molecule has 1 saturated heterocycles. The third-order valence-electron chi connectivity index (χ3n) is 2.22. The summed E-state index contributed by atoms with van der Waals surface area (Å²) in [4.78, 5) is 0. The van der Waals surface area contributed by atoms with Crippen LogP contribution in [-0.2, 0) is 10.0 Å². The average molecular weight is 265 g/mol. The molecule has 2 N–H and O–H groups in total. The highest BCUT2D eigenvalue weighted by molar-refractivity contribution is 7.89. The Kier molecular flexibility index (Phi) is 5.39. The Hall–Kier alpha value is 0.0200. The van der Waals surface area contributed by atoms with E-state index in [0.29, 0.717) is 0 Å². The molecule has 0 unspecified atom stereocenters. The van der Waals surface area contributed by atoms with Crippen LogP contribution in [-0.4, -0.2) is 44.0 Å². The molecule has 92 valence electrons. The smallest absolute Gasteiger partial charge is 0.250 e. The topological polar surface area (TPSA) is 63.4 Å². The van der Waals surface area contributed by atoms with Gasteiger partial charge in [0.1, 0.15) is 0 Å². The molecule has 0 aromatic carbocycles. The molecule has 8 heteroatoms. The van der Waals surface area contributed by atoms with Crippen molar-refractivity contribution in [3.05, 3.63) is 0 Å². The van der Waals surface area contributed by atoms with Crippen LogP contribution in [0.3, 0.4) is 0 Å². The summed E-state index contributed by atoms with van der Waals surface area (Å²) in [6.45, 7) is -0.181. The molecule has 1 aliphatic heterocycles. The summed E-state index contributed by atoms with van der Waals surface area (Å²) in [5.41, 5.74) is 5.12. The van der Waals surface area contributed by atoms with Crippen molar-refractivity contribution in [3.63, 3.8) is 0 Å². The van der Waals surface area contributed by atoms with E-state index in [0.717, 1.165) is 4.31 Å². The Labute approximate surface area is 94.3 Å². The Morgan fingerprint density at radius 2 is 1.73 bits per heavy atom. The Morgan fingerprint density at radius 1 is 1.27 bits per heavy atom. The number of hydrogen-bond acceptors (Lipinski definition) is 3. The summed E-state index contributed by atoms with van der Waals surface area (Å²) in [6.07, 6.45) is -0.784. The van der Waals surface area contributed by atoms with Crippen LogP contribution in [0.1, 0.15) is 12.8 Å². The number of alkyl halides is 2. The molecule has 0 radical (unpaired) electrons. The lowest BCUT2D eigenvalue weighted by atomic mass is 10.1. The van der Waals surface area contributed by atoms with Crippen molar-refractivity contribution >= 4 is 22.4 Å². The average Bonchev–Trinajstić information content (AvgIpc) is 2.03. The highest BCUT2D eigenvalue weighted by Gasteiger charge is 2.37. The normalized spacial score (nSPS) is 22.1. The van der Waals surface area contributed by atoms with Crippen LogP contribution < -0.4 is 5.73 Å². The van der Waals surface area contributed by atoms with Crippen LogP contribution in [0.5, 0.6) is 0 Å². The highest BCUT2D eigenvalue weighted by Crippen LogP contribution is 2.28. The Bertz CT molecular complexity index is 287. The van der Waals surface area contributed by atoms with Gasteiger partial charge in [-0.25, -0.2) is 21.5 Å². The highest BCUT2D eigenvalue weighted by atomic mass is 35.5. The van der Waals surface area contributed by atoms with E-state index >= 15 is 0 Å². The zero-order chi connectivity index (χ0) is 10.8. The molecule has 1 rings (SSSR count). The van der Waals surface area contributed by atoms with E-state index in [1.54, 1.807) is 0 Å². The second-order valence-corrected chi connectivity index (χ2v) is 5.45. The Balaban J connectivity index is 0.00000196. The first-order valence-corrected chi connectivity index (χ1v) is 6.04. The Morgan fingerprint density at radius 3 is 2.13 bits per heavy atom. The number of nitrogens with zero attached hydrogens (tertiary/aromatic N) is 1. The van der Waals surface area contributed by atoms with Crippen LogP contribution in [0.25, 0.3) is 0 Å². The zero-order valence-electron chi connectivity index (χ0n) is 8.16. The number of nitrogens with two attached hydrogens (primary N) is 1. The van der Waals surface area contributed by atoms with Crippen molar-refractivity contribution in [1.82, 2.24) is 4.31 Å². The lowest BCUT2D eigenvalue weighted by Crippen LogP contribution is -2.44. The number of hydrogen-bond donors (Lipinski definition) is 1. The quantitative estimate of drug-likeness (QED) is 0.804. The van der Waals surface area contributed by atoms with Gasteiger partial charge in [0.15, 0.2) is 0 Å². The van der Waals surface area contributed by atoms with Crippen LogP contribution in [0.15, 0.2) is 0 Å². The van der Waals surface area contributed by atoms with Gasteiger partial charge in [-0.15, -0.1) is 12.4 Å². The van der Waals surface area contributed by atoms with Crippen molar-refractivity contribution in [2.24, 2.45) is 5.73 Å². The molecule has 0 aromatic heterocycles. The van der Waals surface area contributed by atoms with Crippen LogP contribution in [0.2, 0.25) is 0 Å². The molecule has 0 saturated carbocycles. The van der Waals surface area contributed by atoms with Gasteiger partial charge in [-0.3, -0.25) is 0 Å². The molecule has 0 aliphatic carbocycles. The lowest BCUT2D eigenvalue weighted by molar-refractivity contribution is -0.0411. The molecule has 1 fully saturated rings. The van der Waals surface area contributed by atoms with Crippen molar-refractivity contribution in [2.75, 3.05) is 25.4 Å². The maximum absolute atomic E-state index is 12.7. The molecule has 15 heavy (non-hydrogen) atoms. The van der Waals surface area contributed by atoms with Crippen LogP contribution in [0.4, 0.5) is 8.78 Å². The third kappa shape index (κ3) is 4.18. The van der Waals surface area contributed by atoms with Crippen molar-refractivity contribution in [3.8, 4) is 0 Å². The van der Waals surface area contributed by atoms with E-state index in [-0.39, 0.29) is 37.8 Å². The van der Waals surface area contributed by atoms with Gasteiger partial charge in [-0.1, -0.05) is 0 Å². The molecule has 0 atom stereocenters. The molecule has 4 nitrogen and oxygen atoms in total. The van der Waals surface area contributed by atoms with Gasteiger partial charge in [0.2, 0.25) is 10.0 Å². The fourth-order valence-corrected chi connectivity index (χ4v) is 2.66. The molecule has 0 spiro atoms. The SMILES string of the molecule is Cl.NCCS(=O)(=O)N1CCC(F)(F)CC1. The zero-order valence-corrected chi connectivity index (χ0v) is 9.79. The minimum Gasteiger partial charge on any atom is -0.329 e. The molecule has 0 amide bonds. The molecule has 1 aliphatic rings. The van der Waals surface area contributed by atoms with E-state index in [1.807, 2.05) is 0 Å². The second-order valence-electron chi connectivity index (χ2n) is 3.36. The third-order valence-corrected chi connectivity index (χ3v) is 4.13. The van der Waals surface area contributed by atoms with E-state index < -0.39 is 28.8 Å². The van der Waals surface area contributed by atoms with Gasteiger partial charge in [0.05, 0.1) is 5.75 Å². The first-order chi connectivity index (χ1) is 6.37. The van der Waals surface area contributed by atoms with Crippen molar-refractivity contribution < 1.29 is 17.2 Å². The standard InChI is InChI=1S/C7H14F2N2O2S.ClH/c8-7(9)1-4-11(5-2-7)14(12,13)6-3-10;/h1-6,10H2;1H. The lowest BCUT2D eigenvalue weighted by Gasteiger charge is -2.30. The summed E-state index contributed by atoms with van der Waals surface area (Å²) in [5.74, 6) is -2.88. The number of halogens is 3. The molecule has 0 bridgehead atoms. The molecule has 0 aromatic rings. The first-order valence-electron chi connectivity index (χ1n) is 4.43. The van der Waals surface area contributed by atoms with Gasteiger partial charge >= 0.3 is 0 Å². The predicted octanol–water partition coefficient (Wildman–Crippen LogP) is 0.428. The minimum absolute atomic E-state index is 0. The van der Waals surface area contributed by atoms with Crippen LogP contribution in [0, 0.1) is 0 Å². The largest absolute Gasteiger partial charge is 0.329 e. The summed E-state index contributed by atoms with van der Waals surface area (Å²) < 4.78 is 49.3. The molecule has 1 heterocycles. The summed E-state index contributed by atoms with van der Waals surface area (Å²) >= 11 is 0. The van der Waals surface area contributed by atoms with Gasteiger partial charge < -0.3 is 5.73 Å². The summed E-state index contributed by atoms with van der Waals surface area (Å²) in [5, 5.41) is 0. The van der Waals surface area contributed by atoms with Gasteiger partial charge in [0.25, 0.3) is 5.92 Å². The fraction of sp³-hybridized carbons (Fsp3) is 1.00. The maximum Gasteiger partial charge on any atom is 0.250 e. The van der Waals surface area contributed by atoms with Gasteiger partial charge in [0, 0.05) is 32.5 Å². The monoisotopic (exact) mass is 264 g/mol. The van der Waals surface area contributed by atoms with Crippen LogP contribution >= 0.6 is 12.4 Å². The van der Waals surface area contributed by atoms with Gasteiger partial charge in [-0.05, 0) is 0 Å². The van der Waals surface area contributed by atoms with Crippen molar-refractivity contribution in [1.29, 1.82) is 0 Å². The van der Waals surface area contributed by atoms with Crippen molar-refractivity contribution in [2.45, 2.75) is 18.8 Å². The van der Waals surface area contributed by atoms with E-state index in [9.17, 15) is 17.2 Å². The second kappa shape index (κ2) is 5.38. The minimum atomic E-state index is -3.41. The maximum atomic E-state index is 12.7. The predicted molar refractivity (Wildman–Crippen MR) is 55.8 cm³/mol. The molecular formula is C7H15ClF2N2O2S. The van der Waals surface area contributed by atoms with E-state index in [1.165, 1.54) is 0 Å². The number of sulfonamides is 1. The molecular weight excluding hydrogens is 250 g/mol. The fourth-order valence-electron chi connectivity index (χ4n) is 1.37. The van der Waals surface area contributed by atoms with Gasteiger partial charge in [-0.2, -0.15) is 0 Å². The van der Waals surface area contributed by atoms with E-state index in [4.69, 9.17) is 5.73 Å². The number of piperidine rings is 1.